The average molecular weight is 405 g/mol. The third-order valence-electron chi connectivity index (χ3n) is 1.86. The van der Waals surface area contributed by atoms with Crippen LogP contribution in [0, 0.1) is 0 Å². The molecule has 1 aromatic rings. The highest BCUT2D eigenvalue weighted by Gasteiger charge is 2.36. The first kappa shape index (κ1) is 17.4. The number of pyridine rings is 1. The van der Waals surface area contributed by atoms with Crippen molar-refractivity contribution in [1.82, 2.24) is 4.98 Å². The minimum Gasteiger partial charge on any atom is -0.402 e. The summed E-state index contributed by atoms with van der Waals surface area (Å²) in [4.78, 5) is 1.98. The van der Waals surface area contributed by atoms with Crippen molar-refractivity contribution in [2.75, 3.05) is 0 Å². The van der Waals surface area contributed by atoms with Gasteiger partial charge in [0.1, 0.15) is 10.6 Å². The van der Waals surface area contributed by atoms with Crippen molar-refractivity contribution in [2.45, 2.75) is 23.0 Å². The molecule has 0 unspecified atom stereocenters. The van der Waals surface area contributed by atoms with E-state index in [0.717, 1.165) is 0 Å². The average Bonchev–Trinajstić information content (AvgIpc) is 2.25. The van der Waals surface area contributed by atoms with E-state index in [1.807, 2.05) is 0 Å². The van der Waals surface area contributed by atoms with Crippen LogP contribution in [0.2, 0.25) is 0 Å². The first-order chi connectivity index (χ1) is 8.95. The Balaban J connectivity index is 3.61. The van der Waals surface area contributed by atoms with E-state index in [4.69, 9.17) is 10.7 Å². The molecular weight excluding hydrogens is 401 g/mol. The van der Waals surface area contributed by atoms with E-state index >= 15 is 0 Å². The van der Waals surface area contributed by atoms with Crippen LogP contribution in [0.4, 0.5) is 22.0 Å². The van der Waals surface area contributed by atoms with Gasteiger partial charge in [-0.1, -0.05) is 15.9 Å². The van der Waals surface area contributed by atoms with Crippen molar-refractivity contribution < 1.29 is 35.1 Å². The molecule has 1 aromatic heterocycles. The van der Waals surface area contributed by atoms with Crippen LogP contribution in [0.5, 0.6) is 5.75 Å². The Morgan fingerprint density at radius 1 is 1.40 bits per heavy atom. The van der Waals surface area contributed by atoms with Gasteiger partial charge in [-0.3, -0.25) is 0 Å². The van der Waals surface area contributed by atoms with Gasteiger partial charge in [0.2, 0.25) is 0 Å². The summed E-state index contributed by atoms with van der Waals surface area (Å²) in [6.07, 6.45) is -8.42. The molecule has 0 saturated heterocycles. The molecule has 0 aliphatic carbocycles. The van der Waals surface area contributed by atoms with E-state index in [1.54, 1.807) is 0 Å². The zero-order valence-corrected chi connectivity index (χ0v) is 12.2. The largest absolute Gasteiger partial charge is 0.573 e. The van der Waals surface area contributed by atoms with E-state index in [1.165, 1.54) is 0 Å². The number of nitrogens with zero attached hydrogens (tertiary/aromatic N) is 1. The Morgan fingerprint density at radius 2 is 1.95 bits per heavy atom. The van der Waals surface area contributed by atoms with Crippen LogP contribution >= 0.6 is 26.6 Å². The molecule has 0 N–H and O–H groups in total. The zero-order valence-electron chi connectivity index (χ0n) is 9.09. The van der Waals surface area contributed by atoms with Gasteiger partial charge in [0.15, 0.2) is 5.75 Å². The van der Waals surface area contributed by atoms with Crippen molar-refractivity contribution in [3.05, 3.63) is 17.5 Å². The SMILES string of the molecule is O=S(=O)(Cl)c1cc(C(F)F)nc(CBr)c1OC(F)(F)F. The number of alkyl halides is 6. The molecule has 1 rings (SSSR count). The van der Waals surface area contributed by atoms with E-state index in [2.05, 4.69) is 25.7 Å². The molecule has 114 valence electrons. The minimum atomic E-state index is -5.23. The predicted octanol–water partition coefficient (Wildman–Crippen LogP) is 3.74. The predicted molar refractivity (Wildman–Crippen MR) is 61.5 cm³/mol. The molecule has 0 aliphatic rings. The smallest absolute Gasteiger partial charge is 0.402 e. The van der Waals surface area contributed by atoms with Crippen LogP contribution in [-0.2, 0) is 14.4 Å². The molecule has 0 amide bonds. The summed E-state index contributed by atoms with van der Waals surface area (Å²) in [7, 11) is 0.194. The normalized spacial score (nSPS) is 12.8. The Kier molecular flexibility index (Phi) is 5.19. The van der Waals surface area contributed by atoms with Crippen molar-refractivity contribution in [1.29, 1.82) is 0 Å². The van der Waals surface area contributed by atoms with E-state index in [0.29, 0.717) is 0 Å². The molecule has 0 bridgehead atoms. The second-order valence-electron chi connectivity index (χ2n) is 3.24. The highest BCUT2D eigenvalue weighted by molar-refractivity contribution is 9.08. The van der Waals surface area contributed by atoms with Gasteiger partial charge in [-0.05, 0) is 6.07 Å². The molecule has 1 heterocycles. The maximum Gasteiger partial charge on any atom is 0.573 e. The molecule has 0 atom stereocenters. The Bertz CT molecular complexity index is 607. The summed E-state index contributed by atoms with van der Waals surface area (Å²) < 4.78 is 87.7. The fraction of sp³-hybridized carbons (Fsp3) is 0.375. The number of halogens is 7. The van der Waals surface area contributed by atoms with E-state index in [9.17, 15) is 30.4 Å². The standard InChI is InChI=1S/C8H4BrClF5NO3S/c9-2-4-6(19-8(13,14)15)5(20(10,17)18)1-3(16-4)7(11)12/h1,7H,2H2. The second-order valence-corrected chi connectivity index (χ2v) is 6.34. The Hall–Kier alpha value is -0.680. The topological polar surface area (TPSA) is 56.3 Å². The zero-order chi connectivity index (χ0) is 15.7. The van der Waals surface area contributed by atoms with Crippen LogP contribution in [-0.4, -0.2) is 19.8 Å². The Morgan fingerprint density at radius 3 is 2.30 bits per heavy atom. The summed E-state index contributed by atoms with van der Waals surface area (Å²) in [5.74, 6) is -1.24. The van der Waals surface area contributed by atoms with Gasteiger partial charge in [0, 0.05) is 16.0 Å². The third-order valence-corrected chi connectivity index (χ3v) is 3.72. The first-order valence-corrected chi connectivity index (χ1v) is 7.97. The van der Waals surface area contributed by atoms with Crippen LogP contribution < -0.4 is 4.74 Å². The number of aromatic nitrogens is 1. The minimum absolute atomic E-state index is 0.236. The quantitative estimate of drug-likeness (QED) is 0.436. The first-order valence-electron chi connectivity index (χ1n) is 4.54. The summed E-state index contributed by atoms with van der Waals surface area (Å²) in [6.45, 7) is 0. The Labute approximate surface area is 122 Å². The number of rotatable bonds is 4. The summed E-state index contributed by atoms with van der Waals surface area (Å²) in [5, 5.41) is -0.446. The number of ether oxygens (including phenoxy) is 1. The van der Waals surface area contributed by atoms with Gasteiger partial charge < -0.3 is 4.74 Å². The molecule has 4 nitrogen and oxygen atoms in total. The lowest BCUT2D eigenvalue weighted by Crippen LogP contribution is -2.20. The molecule has 0 spiro atoms. The van der Waals surface area contributed by atoms with Crippen molar-refractivity contribution in [2.24, 2.45) is 0 Å². The van der Waals surface area contributed by atoms with Gasteiger partial charge in [-0.15, -0.1) is 13.2 Å². The number of hydrogen-bond donors (Lipinski definition) is 0. The second kappa shape index (κ2) is 5.98. The van der Waals surface area contributed by atoms with Gasteiger partial charge in [-0.2, -0.15) is 0 Å². The number of hydrogen-bond acceptors (Lipinski definition) is 4. The molecule has 0 saturated carbocycles. The van der Waals surface area contributed by atoms with Crippen LogP contribution in [0.1, 0.15) is 17.8 Å². The van der Waals surface area contributed by atoms with Crippen molar-refractivity contribution in [3.8, 4) is 5.75 Å². The molecule has 0 radical (unpaired) electrons. The summed E-state index contributed by atoms with van der Waals surface area (Å²) in [5.41, 5.74) is -1.70. The summed E-state index contributed by atoms with van der Waals surface area (Å²) >= 11 is 2.71. The lowest BCUT2D eigenvalue weighted by atomic mass is 10.3. The monoisotopic (exact) mass is 403 g/mol. The van der Waals surface area contributed by atoms with E-state index in [-0.39, 0.29) is 6.07 Å². The maximum absolute atomic E-state index is 12.5. The molecular formula is C8H4BrClF5NO3S. The lowest BCUT2D eigenvalue weighted by molar-refractivity contribution is -0.275. The third kappa shape index (κ3) is 4.42. The molecule has 0 aromatic carbocycles. The fourth-order valence-electron chi connectivity index (χ4n) is 1.19. The van der Waals surface area contributed by atoms with Crippen molar-refractivity contribution in [3.63, 3.8) is 0 Å². The highest BCUT2D eigenvalue weighted by Crippen LogP contribution is 2.37. The molecule has 20 heavy (non-hydrogen) atoms. The molecule has 0 aliphatic heterocycles. The van der Waals surface area contributed by atoms with Gasteiger partial charge in [0.25, 0.3) is 15.5 Å². The van der Waals surface area contributed by atoms with Gasteiger partial charge in [0.05, 0.1) is 5.69 Å². The van der Waals surface area contributed by atoms with Crippen LogP contribution in [0.25, 0.3) is 0 Å². The summed E-state index contributed by atoms with van der Waals surface area (Å²) in [6, 6.07) is 0.236. The van der Waals surface area contributed by atoms with Crippen molar-refractivity contribution >= 4 is 35.7 Å². The van der Waals surface area contributed by atoms with E-state index < -0.39 is 49.2 Å². The fourth-order valence-corrected chi connectivity index (χ4v) is 2.56. The van der Waals surface area contributed by atoms with Gasteiger partial charge >= 0.3 is 6.36 Å². The molecule has 12 heteroatoms. The van der Waals surface area contributed by atoms with Gasteiger partial charge in [-0.25, -0.2) is 22.2 Å². The van der Waals surface area contributed by atoms with Crippen LogP contribution in [0.15, 0.2) is 11.0 Å². The van der Waals surface area contributed by atoms with Crippen LogP contribution in [0.3, 0.4) is 0 Å². The molecule has 0 fully saturated rings. The maximum atomic E-state index is 12.5. The lowest BCUT2D eigenvalue weighted by Gasteiger charge is -2.15. The highest BCUT2D eigenvalue weighted by atomic mass is 79.9.